The van der Waals surface area contributed by atoms with Crippen LogP contribution in [0.25, 0.3) is 11.4 Å². The molecule has 2 aromatic carbocycles. The van der Waals surface area contributed by atoms with E-state index in [1.807, 2.05) is 4.98 Å². The second-order valence-corrected chi connectivity index (χ2v) is 8.72. The Balaban J connectivity index is 1.43. The largest absolute Gasteiger partial charge is 0.417 e. The van der Waals surface area contributed by atoms with Crippen molar-refractivity contribution in [2.24, 2.45) is 5.92 Å². The number of benzene rings is 2. The van der Waals surface area contributed by atoms with Gasteiger partial charge in [0.1, 0.15) is 17.5 Å². The number of carbonyl (C=O) groups is 1. The maximum atomic E-state index is 15.3. The summed E-state index contributed by atoms with van der Waals surface area (Å²) in [5.74, 6) is -4.68. The monoisotopic (exact) mass is 525 g/mol. The Hall–Kier alpha value is -3.67. The number of aromatic nitrogens is 2. The number of hydrogen-bond acceptors (Lipinski definition) is 4. The SMILES string of the molecule is Cc1nc(-c2c(C(F)(F)F)ccc(CNC(=O)C3CC(OCc4cccc(F)c4)C3)c2F)[nH]c(=O)c1F. The number of H-pyrrole nitrogens is 1. The number of nitrogens with zero attached hydrogens (tertiary/aromatic N) is 1. The summed E-state index contributed by atoms with van der Waals surface area (Å²) in [6.07, 6.45) is -4.47. The van der Waals surface area contributed by atoms with E-state index in [9.17, 15) is 31.5 Å². The van der Waals surface area contributed by atoms with Crippen LogP contribution in [0.3, 0.4) is 0 Å². The molecule has 0 spiro atoms. The number of aryl methyl sites for hydroxylation is 1. The summed E-state index contributed by atoms with van der Waals surface area (Å²) in [5.41, 5.74) is -3.93. The minimum atomic E-state index is -4.99. The minimum absolute atomic E-state index is 0.176. The Morgan fingerprint density at radius 3 is 2.51 bits per heavy atom. The van der Waals surface area contributed by atoms with E-state index in [0.717, 1.165) is 13.0 Å². The van der Waals surface area contributed by atoms with Crippen LogP contribution in [0.5, 0.6) is 0 Å². The lowest BCUT2D eigenvalue weighted by Gasteiger charge is -2.34. The highest BCUT2D eigenvalue weighted by atomic mass is 19.4. The van der Waals surface area contributed by atoms with Crippen molar-refractivity contribution in [2.45, 2.75) is 45.2 Å². The Morgan fingerprint density at radius 2 is 1.86 bits per heavy atom. The zero-order chi connectivity index (χ0) is 26.9. The summed E-state index contributed by atoms with van der Waals surface area (Å²) < 4.78 is 88.5. The first-order valence-electron chi connectivity index (χ1n) is 11.2. The van der Waals surface area contributed by atoms with Gasteiger partial charge in [0.15, 0.2) is 0 Å². The number of nitrogens with one attached hydrogen (secondary N) is 2. The number of aromatic amines is 1. The Labute approximate surface area is 206 Å². The molecule has 0 saturated heterocycles. The lowest BCUT2D eigenvalue weighted by atomic mass is 9.81. The van der Waals surface area contributed by atoms with Gasteiger partial charge in [0, 0.05) is 18.0 Å². The van der Waals surface area contributed by atoms with Crippen LogP contribution in [0, 0.1) is 30.3 Å². The van der Waals surface area contributed by atoms with Gasteiger partial charge < -0.3 is 15.0 Å². The van der Waals surface area contributed by atoms with Gasteiger partial charge in [-0.3, -0.25) is 9.59 Å². The van der Waals surface area contributed by atoms with Crippen LogP contribution < -0.4 is 10.9 Å². The van der Waals surface area contributed by atoms with Gasteiger partial charge in [0.25, 0.3) is 5.56 Å². The fourth-order valence-electron chi connectivity index (χ4n) is 4.00. The number of ether oxygens (including phenoxy) is 1. The first-order chi connectivity index (χ1) is 17.4. The maximum Gasteiger partial charge on any atom is 0.417 e. The molecule has 1 saturated carbocycles. The molecule has 4 rings (SSSR count). The Morgan fingerprint density at radius 1 is 1.14 bits per heavy atom. The summed E-state index contributed by atoms with van der Waals surface area (Å²) >= 11 is 0. The van der Waals surface area contributed by atoms with Crippen molar-refractivity contribution in [3.63, 3.8) is 0 Å². The molecule has 0 unspecified atom stereocenters. The average molecular weight is 525 g/mol. The number of alkyl halides is 3. The van der Waals surface area contributed by atoms with E-state index in [0.29, 0.717) is 24.5 Å². The van der Waals surface area contributed by atoms with Gasteiger partial charge in [-0.2, -0.15) is 17.6 Å². The van der Waals surface area contributed by atoms with Gasteiger partial charge in [-0.15, -0.1) is 0 Å². The molecule has 0 aliphatic heterocycles. The molecule has 1 aliphatic rings. The molecule has 196 valence electrons. The van der Waals surface area contributed by atoms with Crippen molar-refractivity contribution >= 4 is 5.91 Å². The summed E-state index contributed by atoms with van der Waals surface area (Å²) in [6.45, 7) is 0.817. The number of carbonyl (C=O) groups excluding carboxylic acids is 1. The van der Waals surface area contributed by atoms with Gasteiger partial charge in [-0.1, -0.05) is 18.2 Å². The molecular formula is C25H21F6N3O3. The summed E-state index contributed by atoms with van der Waals surface area (Å²) in [6, 6.07) is 7.40. The van der Waals surface area contributed by atoms with Gasteiger partial charge in [-0.05, 0) is 43.5 Å². The third-order valence-electron chi connectivity index (χ3n) is 6.09. The van der Waals surface area contributed by atoms with Crippen molar-refractivity contribution < 1.29 is 35.9 Å². The standard InChI is InChI=1S/C25H21F6N3O3/c1-12-20(27)24(36)34-22(33-12)19-18(25(29,30)31)6-5-14(21(19)28)10-32-23(35)15-8-17(9-15)37-11-13-3-2-4-16(26)7-13/h2-7,15,17H,8-11H2,1H3,(H,32,35)(H,33,34,36). The molecule has 0 radical (unpaired) electrons. The maximum absolute atomic E-state index is 15.3. The lowest BCUT2D eigenvalue weighted by molar-refractivity contribution is -0.137. The second-order valence-electron chi connectivity index (χ2n) is 8.72. The Kier molecular flexibility index (Phi) is 7.39. The summed E-state index contributed by atoms with van der Waals surface area (Å²) in [4.78, 5) is 29.6. The normalized spacial score (nSPS) is 17.4. The molecule has 0 atom stereocenters. The smallest absolute Gasteiger partial charge is 0.373 e. The molecule has 0 bridgehead atoms. The van der Waals surface area contributed by atoms with Crippen LogP contribution in [0.2, 0.25) is 0 Å². The first kappa shape index (κ1) is 26.4. The minimum Gasteiger partial charge on any atom is -0.373 e. The topological polar surface area (TPSA) is 84.1 Å². The van der Waals surface area contributed by atoms with Crippen molar-refractivity contribution in [2.75, 3.05) is 0 Å². The highest BCUT2D eigenvalue weighted by molar-refractivity contribution is 5.79. The molecule has 12 heteroatoms. The molecule has 1 heterocycles. The van der Waals surface area contributed by atoms with E-state index in [1.165, 1.54) is 12.1 Å². The zero-order valence-corrected chi connectivity index (χ0v) is 19.4. The van der Waals surface area contributed by atoms with Crippen LogP contribution in [0.1, 0.15) is 35.2 Å². The third-order valence-corrected chi connectivity index (χ3v) is 6.09. The van der Waals surface area contributed by atoms with Crippen LogP contribution in [0.15, 0.2) is 41.2 Å². The van der Waals surface area contributed by atoms with E-state index in [-0.39, 0.29) is 24.1 Å². The highest BCUT2D eigenvalue weighted by Crippen LogP contribution is 2.38. The molecule has 2 N–H and O–H groups in total. The molecule has 1 aliphatic carbocycles. The summed E-state index contributed by atoms with van der Waals surface area (Å²) in [5, 5.41) is 2.49. The highest BCUT2D eigenvalue weighted by Gasteiger charge is 2.38. The summed E-state index contributed by atoms with van der Waals surface area (Å²) in [7, 11) is 0. The van der Waals surface area contributed by atoms with Gasteiger partial charge in [0.2, 0.25) is 11.7 Å². The number of halogens is 6. The van der Waals surface area contributed by atoms with Crippen LogP contribution >= 0.6 is 0 Å². The lowest BCUT2D eigenvalue weighted by Crippen LogP contribution is -2.42. The molecule has 6 nitrogen and oxygen atoms in total. The van der Waals surface area contributed by atoms with E-state index in [4.69, 9.17) is 4.74 Å². The van der Waals surface area contributed by atoms with E-state index < -0.39 is 64.4 Å². The molecule has 1 amide bonds. The average Bonchev–Trinajstić information content (AvgIpc) is 2.79. The van der Waals surface area contributed by atoms with E-state index >= 15 is 4.39 Å². The molecule has 1 aromatic heterocycles. The second kappa shape index (κ2) is 10.4. The van der Waals surface area contributed by atoms with E-state index in [1.54, 1.807) is 12.1 Å². The van der Waals surface area contributed by atoms with Crippen molar-refractivity contribution in [1.29, 1.82) is 0 Å². The van der Waals surface area contributed by atoms with Crippen molar-refractivity contribution in [3.05, 3.63) is 86.6 Å². The first-order valence-corrected chi connectivity index (χ1v) is 11.2. The predicted octanol–water partition coefficient (Wildman–Crippen LogP) is 4.79. The van der Waals surface area contributed by atoms with Crippen molar-refractivity contribution in [1.82, 2.24) is 15.3 Å². The van der Waals surface area contributed by atoms with Crippen LogP contribution in [-0.2, 0) is 28.9 Å². The zero-order valence-electron chi connectivity index (χ0n) is 19.4. The fourth-order valence-corrected chi connectivity index (χ4v) is 4.00. The van der Waals surface area contributed by atoms with E-state index in [2.05, 4.69) is 10.3 Å². The Bertz CT molecular complexity index is 1380. The molecular weight excluding hydrogens is 504 g/mol. The number of amides is 1. The fraction of sp³-hybridized carbons (Fsp3) is 0.320. The van der Waals surface area contributed by atoms with Crippen LogP contribution in [0.4, 0.5) is 26.3 Å². The molecule has 3 aromatic rings. The van der Waals surface area contributed by atoms with Crippen molar-refractivity contribution in [3.8, 4) is 11.4 Å². The number of hydrogen-bond donors (Lipinski definition) is 2. The van der Waals surface area contributed by atoms with Gasteiger partial charge in [-0.25, -0.2) is 13.8 Å². The predicted molar refractivity (Wildman–Crippen MR) is 119 cm³/mol. The third kappa shape index (κ3) is 5.85. The molecule has 1 fully saturated rings. The van der Waals surface area contributed by atoms with Gasteiger partial charge >= 0.3 is 6.18 Å². The number of rotatable bonds is 7. The molecule has 37 heavy (non-hydrogen) atoms. The quantitative estimate of drug-likeness (QED) is 0.435. The van der Waals surface area contributed by atoms with Gasteiger partial charge in [0.05, 0.1) is 29.5 Å². The van der Waals surface area contributed by atoms with Crippen LogP contribution in [-0.4, -0.2) is 22.0 Å².